The zero-order valence-corrected chi connectivity index (χ0v) is 6.76. The molecule has 1 aromatic rings. The fourth-order valence-corrected chi connectivity index (χ4v) is 1.01. The molecule has 1 atom stereocenters. The molecule has 60 valence electrons. The highest BCUT2D eigenvalue weighted by atomic mass is 19.1. The lowest BCUT2D eigenvalue weighted by molar-refractivity contribution is 0.593. The van der Waals surface area contributed by atoms with E-state index in [1.165, 1.54) is 6.07 Å². The summed E-state index contributed by atoms with van der Waals surface area (Å²) in [5.41, 5.74) is 7.17. The van der Waals surface area contributed by atoms with Gasteiger partial charge in [0, 0.05) is 11.6 Å². The van der Waals surface area contributed by atoms with Gasteiger partial charge < -0.3 is 5.73 Å². The van der Waals surface area contributed by atoms with Gasteiger partial charge in [-0.05, 0) is 19.9 Å². The summed E-state index contributed by atoms with van der Waals surface area (Å²) in [6.07, 6.45) is 0. The van der Waals surface area contributed by atoms with E-state index in [0.29, 0.717) is 5.56 Å². The number of rotatable bonds is 1. The Morgan fingerprint density at radius 2 is 2.09 bits per heavy atom. The molecule has 1 rings (SSSR count). The molecule has 0 saturated heterocycles. The van der Waals surface area contributed by atoms with E-state index in [2.05, 4.69) is 0 Å². The number of nitrogens with two attached hydrogens (primary N) is 1. The minimum Gasteiger partial charge on any atom is -0.324 e. The van der Waals surface area contributed by atoms with Crippen LogP contribution >= 0.6 is 0 Å². The maximum Gasteiger partial charge on any atom is 0.127 e. The zero-order chi connectivity index (χ0) is 8.43. The van der Waals surface area contributed by atoms with Gasteiger partial charge in [-0.2, -0.15) is 0 Å². The first kappa shape index (κ1) is 8.21. The highest BCUT2D eigenvalue weighted by Crippen LogP contribution is 2.15. The van der Waals surface area contributed by atoms with Crippen LogP contribution in [-0.4, -0.2) is 0 Å². The smallest absolute Gasteiger partial charge is 0.127 e. The second-order valence-electron chi connectivity index (χ2n) is 2.81. The summed E-state index contributed by atoms with van der Waals surface area (Å²) in [6, 6.07) is 4.74. The molecule has 1 nitrogen and oxygen atoms in total. The lowest BCUT2D eigenvalue weighted by Gasteiger charge is -2.07. The van der Waals surface area contributed by atoms with Gasteiger partial charge >= 0.3 is 0 Å². The van der Waals surface area contributed by atoms with Crippen LogP contribution < -0.4 is 5.73 Å². The maximum absolute atomic E-state index is 12.9. The molecule has 0 saturated carbocycles. The van der Waals surface area contributed by atoms with Gasteiger partial charge in [0.05, 0.1) is 0 Å². The van der Waals surface area contributed by atoms with Gasteiger partial charge in [-0.3, -0.25) is 0 Å². The number of aryl methyl sites for hydroxylation is 1. The van der Waals surface area contributed by atoms with Crippen molar-refractivity contribution in [2.24, 2.45) is 5.73 Å². The molecule has 1 aromatic carbocycles. The van der Waals surface area contributed by atoms with E-state index in [0.717, 1.165) is 5.56 Å². The summed E-state index contributed by atoms with van der Waals surface area (Å²) in [6.45, 7) is 3.70. The summed E-state index contributed by atoms with van der Waals surface area (Å²) in [5, 5.41) is 0. The van der Waals surface area contributed by atoms with Crippen LogP contribution in [0.3, 0.4) is 0 Å². The summed E-state index contributed by atoms with van der Waals surface area (Å²) in [5.74, 6) is -0.217. The predicted octanol–water partition coefficient (Wildman–Crippen LogP) is 2.15. The average molecular weight is 153 g/mol. The van der Waals surface area contributed by atoms with Crippen LogP contribution in [-0.2, 0) is 0 Å². The predicted molar refractivity (Wildman–Crippen MR) is 43.7 cm³/mol. The molecule has 0 aliphatic heterocycles. The van der Waals surface area contributed by atoms with Crippen molar-refractivity contribution in [3.05, 3.63) is 35.1 Å². The van der Waals surface area contributed by atoms with Crippen LogP contribution in [0.2, 0.25) is 0 Å². The molecular weight excluding hydrogens is 141 g/mol. The van der Waals surface area contributed by atoms with E-state index in [1.807, 2.05) is 6.92 Å². The van der Waals surface area contributed by atoms with Crippen LogP contribution in [0.25, 0.3) is 0 Å². The van der Waals surface area contributed by atoms with E-state index in [9.17, 15) is 4.39 Å². The largest absolute Gasteiger partial charge is 0.324 e. The average Bonchev–Trinajstić information content (AvgIpc) is 1.94. The first-order valence-corrected chi connectivity index (χ1v) is 3.63. The van der Waals surface area contributed by atoms with E-state index in [1.54, 1.807) is 19.1 Å². The molecule has 0 aromatic heterocycles. The van der Waals surface area contributed by atoms with Crippen molar-refractivity contribution in [1.82, 2.24) is 0 Å². The minimum absolute atomic E-state index is 0.217. The first-order chi connectivity index (χ1) is 5.11. The molecule has 2 N–H and O–H groups in total. The first-order valence-electron chi connectivity index (χ1n) is 3.63. The van der Waals surface area contributed by atoms with E-state index in [-0.39, 0.29) is 11.9 Å². The fraction of sp³-hybridized carbons (Fsp3) is 0.333. The summed E-state index contributed by atoms with van der Waals surface area (Å²) < 4.78 is 12.9. The molecule has 11 heavy (non-hydrogen) atoms. The molecule has 0 fully saturated rings. The van der Waals surface area contributed by atoms with E-state index in [4.69, 9.17) is 5.73 Å². The molecule has 0 radical (unpaired) electrons. The SMILES string of the molecule is Cc1ccc(F)c(C(C)N)c1. The van der Waals surface area contributed by atoms with Crippen molar-refractivity contribution in [2.75, 3.05) is 0 Å². The number of hydrogen-bond donors (Lipinski definition) is 1. The Balaban J connectivity index is 3.13. The van der Waals surface area contributed by atoms with Crippen LogP contribution in [0.4, 0.5) is 4.39 Å². The maximum atomic E-state index is 12.9. The van der Waals surface area contributed by atoms with Crippen LogP contribution in [0, 0.1) is 12.7 Å². The van der Waals surface area contributed by atoms with Crippen molar-refractivity contribution >= 4 is 0 Å². The molecular formula is C9H12FN. The van der Waals surface area contributed by atoms with Gasteiger partial charge in [0.15, 0.2) is 0 Å². The third-order valence-corrected chi connectivity index (χ3v) is 1.64. The molecule has 0 amide bonds. The van der Waals surface area contributed by atoms with Gasteiger partial charge in [0.1, 0.15) is 5.82 Å². The van der Waals surface area contributed by atoms with Crippen LogP contribution in [0.5, 0.6) is 0 Å². The second-order valence-corrected chi connectivity index (χ2v) is 2.81. The Kier molecular flexibility index (Phi) is 2.25. The van der Waals surface area contributed by atoms with Crippen molar-refractivity contribution in [2.45, 2.75) is 19.9 Å². The summed E-state index contributed by atoms with van der Waals surface area (Å²) in [4.78, 5) is 0. The lowest BCUT2D eigenvalue weighted by atomic mass is 10.1. The second kappa shape index (κ2) is 3.01. The topological polar surface area (TPSA) is 26.0 Å². The third kappa shape index (κ3) is 1.77. The molecule has 0 bridgehead atoms. The zero-order valence-electron chi connectivity index (χ0n) is 6.76. The summed E-state index contributed by atoms with van der Waals surface area (Å²) in [7, 11) is 0. The minimum atomic E-state index is -0.227. The molecule has 0 aliphatic carbocycles. The Morgan fingerprint density at radius 3 is 2.55 bits per heavy atom. The highest BCUT2D eigenvalue weighted by molar-refractivity contribution is 5.26. The van der Waals surface area contributed by atoms with Gasteiger partial charge in [0.2, 0.25) is 0 Å². The lowest BCUT2D eigenvalue weighted by Crippen LogP contribution is -2.07. The van der Waals surface area contributed by atoms with Crippen molar-refractivity contribution in [1.29, 1.82) is 0 Å². The Morgan fingerprint density at radius 1 is 1.45 bits per heavy atom. The Bertz CT molecular complexity index is 256. The standard InChI is InChI=1S/C9H12FN/c1-6-3-4-9(10)8(5-6)7(2)11/h3-5,7H,11H2,1-2H3. The normalized spacial score (nSPS) is 13.1. The molecule has 1 unspecified atom stereocenters. The highest BCUT2D eigenvalue weighted by Gasteiger charge is 2.05. The molecule has 2 heteroatoms. The van der Waals surface area contributed by atoms with Crippen molar-refractivity contribution in [3.8, 4) is 0 Å². The molecule has 0 aliphatic rings. The Labute approximate surface area is 66.0 Å². The van der Waals surface area contributed by atoms with Crippen molar-refractivity contribution in [3.63, 3.8) is 0 Å². The van der Waals surface area contributed by atoms with Crippen molar-refractivity contribution < 1.29 is 4.39 Å². The number of halogens is 1. The quantitative estimate of drug-likeness (QED) is 0.657. The third-order valence-electron chi connectivity index (χ3n) is 1.64. The Hall–Kier alpha value is -0.890. The summed E-state index contributed by atoms with van der Waals surface area (Å²) >= 11 is 0. The van der Waals surface area contributed by atoms with Crippen LogP contribution in [0.1, 0.15) is 24.1 Å². The number of hydrogen-bond acceptors (Lipinski definition) is 1. The fourth-order valence-electron chi connectivity index (χ4n) is 1.01. The van der Waals surface area contributed by atoms with Gasteiger partial charge in [-0.1, -0.05) is 17.7 Å². The van der Waals surface area contributed by atoms with E-state index >= 15 is 0 Å². The molecule has 0 heterocycles. The van der Waals surface area contributed by atoms with Gasteiger partial charge in [-0.25, -0.2) is 4.39 Å². The van der Waals surface area contributed by atoms with E-state index < -0.39 is 0 Å². The van der Waals surface area contributed by atoms with Gasteiger partial charge in [0.25, 0.3) is 0 Å². The molecule has 0 spiro atoms. The monoisotopic (exact) mass is 153 g/mol. The number of benzene rings is 1. The van der Waals surface area contributed by atoms with Gasteiger partial charge in [-0.15, -0.1) is 0 Å². The van der Waals surface area contributed by atoms with Crippen LogP contribution in [0.15, 0.2) is 18.2 Å².